The topological polar surface area (TPSA) is 56.9 Å². The van der Waals surface area contributed by atoms with E-state index in [1.165, 1.54) is 12.1 Å². The third-order valence-corrected chi connectivity index (χ3v) is 4.80. The zero-order chi connectivity index (χ0) is 14.8. The lowest BCUT2D eigenvalue weighted by atomic mass is 9.60. The van der Waals surface area contributed by atoms with E-state index in [4.69, 9.17) is 0 Å². The highest BCUT2D eigenvalue weighted by Crippen LogP contribution is 2.51. The van der Waals surface area contributed by atoms with Crippen LogP contribution >= 0.6 is 0 Å². The first-order valence-electron chi connectivity index (χ1n) is 7.23. The van der Waals surface area contributed by atoms with Crippen LogP contribution in [0.25, 0.3) is 0 Å². The van der Waals surface area contributed by atoms with Gasteiger partial charge >= 0.3 is 0 Å². The average Bonchev–Trinajstić information content (AvgIpc) is 2.48. The summed E-state index contributed by atoms with van der Waals surface area (Å²) >= 11 is 0. The molecule has 0 amide bonds. The molecule has 108 valence electrons. The predicted octanol–water partition coefficient (Wildman–Crippen LogP) is 3.54. The summed E-state index contributed by atoms with van der Waals surface area (Å²) in [5.74, 6) is 0.147. The van der Waals surface area contributed by atoms with E-state index >= 15 is 0 Å². The Morgan fingerprint density at radius 2 is 2.15 bits per heavy atom. The quantitative estimate of drug-likeness (QED) is 0.918. The molecule has 1 heterocycles. The van der Waals surface area contributed by atoms with Crippen LogP contribution in [0, 0.1) is 28.5 Å². The van der Waals surface area contributed by atoms with Crippen LogP contribution in [-0.4, -0.2) is 10.1 Å². The summed E-state index contributed by atoms with van der Waals surface area (Å²) in [6.45, 7) is 4.02. The zero-order valence-electron chi connectivity index (χ0n) is 12.1. The van der Waals surface area contributed by atoms with Crippen molar-refractivity contribution in [2.75, 3.05) is 0 Å². The van der Waals surface area contributed by atoms with E-state index in [2.05, 4.69) is 18.0 Å². The van der Waals surface area contributed by atoms with Crippen LogP contribution in [0.4, 0.5) is 4.39 Å². The number of rotatable bonds is 3. The Balaban J connectivity index is 2.43. The number of pyridine rings is 1. The van der Waals surface area contributed by atoms with Crippen molar-refractivity contribution in [3.8, 4) is 6.07 Å². The van der Waals surface area contributed by atoms with Gasteiger partial charge in [0.2, 0.25) is 0 Å². The summed E-state index contributed by atoms with van der Waals surface area (Å²) in [7, 11) is 0. The Morgan fingerprint density at radius 1 is 1.50 bits per heavy atom. The number of hydrogen-bond donors (Lipinski definition) is 1. The minimum atomic E-state index is -1.31. The number of aliphatic hydroxyl groups is 1. The number of aromatic nitrogens is 1. The minimum absolute atomic E-state index is 0.396. The zero-order valence-corrected chi connectivity index (χ0v) is 12.1. The molecule has 0 aromatic carbocycles. The Hall–Kier alpha value is -1.47. The fourth-order valence-corrected chi connectivity index (χ4v) is 3.26. The van der Waals surface area contributed by atoms with E-state index in [9.17, 15) is 14.8 Å². The molecule has 0 radical (unpaired) electrons. The Labute approximate surface area is 119 Å². The summed E-state index contributed by atoms with van der Waals surface area (Å²) in [5.41, 5.74) is -1.73. The number of halogens is 1. The Morgan fingerprint density at radius 3 is 2.60 bits per heavy atom. The van der Waals surface area contributed by atoms with Crippen LogP contribution in [-0.2, 0) is 5.60 Å². The first-order chi connectivity index (χ1) is 9.47. The van der Waals surface area contributed by atoms with Gasteiger partial charge in [0.05, 0.1) is 23.4 Å². The van der Waals surface area contributed by atoms with Crippen molar-refractivity contribution in [3.05, 3.63) is 29.8 Å². The van der Waals surface area contributed by atoms with Gasteiger partial charge in [-0.25, -0.2) is 4.39 Å². The molecule has 2 rings (SSSR count). The standard InChI is InChI=1S/C16H21FN2O/c1-3-16(20,14-5-4-13(17)10-19-14)15(11-18)8-6-12(2)7-9-15/h4-5,10,12,20H,3,6-9H2,1-2H3. The van der Waals surface area contributed by atoms with Gasteiger partial charge < -0.3 is 5.11 Å². The molecule has 1 atom stereocenters. The third-order valence-electron chi connectivity index (χ3n) is 4.80. The van der Waals surface area contributed by atoms with Crippen molar-refractivity contribution < 1.29 is 9.50 Å². The number of hydrogen-bond acceptors (Lipinski definition) is 3. The highest BCUT2D eigenvalue weighted by Gasteiger charge is 2.52. The molecule has 1 saturated carbocycles. The molecule has 3 nitrogen and oxygen atoms in total. The Kier molecular flexibility index (Phi) is 4.10. The molecule has 0 spiro atoms. The van der Waals surface area contributed by atoms with Gasteiger partial charge in [-0.05, 0) is 50.2 Å². The summed E-state index contributed by atoms with van der Waals surface area (Å²) in [6.07, 6.45) is 4.68. The van der Waals surface area contributed by atoms with Crippen molar-refractivity contribution >= 4 is 0 Å². The van der Waals surface area contributed by atoms with Crippen LogP contribution < -0.4 is 0 Å². The number of nitrogens with zero attached hydrogens (tertiary/aromatic N) is 2. The molecular formula is C16H21FN2O. The summed E-state index contributed by atoms with van der Waals surface area (Å²) in [6, 6.07) is 5.15. The molecule has 0 aliphatic heterocycles. The average molecular weight is 276 g/mol. The van der Waals surface area contributed by atoms with Gasteiger partial charge in [-0.2, -0.15) is 5.26 Å². The molecule has 4 heteroatoms. The SMILES string of the molecule is CCC(O)(c1ccc(F)cn1)C1(C#N)CCC(C)CC1. The highest BCUT2D eigenvalue weighted by atomic mass is 19.1. The van der Waals surface area contributed by atoms with Gasteiger partial charge in [-0.1, -0.05) is 13.8 Å². The van der Waals surface area contributed by atoms with Gasteiger partial charge in [-0.15, -0.1) is 0 Å². The van der Waals surface area contributed by atoms with Crippen molar-refractivity contribution in [1.82, 2.24) is 4.98 Å². The van der Waals surface area contributed by atoms with Gasteiger partial charge in [0, 0.05) is 0 Å². The summed E-state index contributed by atoms with van der Waals surface area (Å²) in [4.78, 5) is 4.03. The van der Waals surface area contributed by atoms with Crippen LogP contribution in [0.1, 0.15) is 51.6 Å². The molecule has 1 aromatic heterocycles. The van der Waals surface area contributed by atoms with E-state index in [0.717, 1.165) is 19.0 Å². The van der Waals surface area contributed by atoms with Crippen LogP contribution in [0.5, 0.6) is 0 Å². The maximum absolute atomic E-state index is 13.0. The van der Waals surface area contributed by atoms with Gasteiger partial charge in [0.15, 0.2) is 0 Å². The second-order valence-corrected chi connectivity index (χ2v) is 5.95. The summed E-state index contributed by atoms with van der Waals surface area (Å²) in [5, 5.41) is 20.8. The van der Waals surface area contributed by atoms with Crippen LogP contribution in [0.15, 0.2) is 18.3 Å². The monoisotopic (exact) mass is 276 g/mol. The molecule has 1 aliphatic carbocycles. The minimum Gasteiger partial charge on any atom is -0.382 e. The third kappa shape index (κ3) is 2.31. The van der Waals surface area contributed by atoms with Gasteiger partial charge in [0.25, 0.3) is 0 Å². The molecule has 1 fully saturated rings. The lowest BCUT2D eigenvalue weighted by Gasteiger charge is -2.45. The van der Waals surface area contributed by atoms with E-state index in [1.54, 1.807) is 0 Å². The lowest BCUT2D eigenvalue weighted by Crippen LogP contribution is -2.47. The van der Waals surface area contributed by atoms with E-state index < -0.39 is 16.8 Å². The molecule has 0 bridgehead atoms. The normalized spacial score (nSPS) is 29.4. The molecular weight excluding hydrogens is 255 g/mol. The fraction of sp³-hybridized carbons (Fsp3) is 0.625. The fourth-order valence-electron chi connectivity index (χ4n) is 3.26. The molecule has 1 aromatic rings. The van der Waals surface area contributed by atoms with E-state index in [1.807, 2.05) is 6.92 Å². The van der Waals surface area contributed by atoms with Crippen molar-refractivity contribution in [3.63, 3.8) is 0 Å². The maximum Gasteiger partial charge on any atom is 0.141 e. The van der Waals surface area contributed by atoms with Crippen LogP contribution in [0.3, 0.4) is 0 Å². The summed E-state index contributed by atoms with van der Waals surface area (Å²) < 4.78 is 13.0. The number of nitriles is 1. The largest absolute Gasteiger partial charge is 0.382 e. The van der Waals surface area contributed by atoms with Crippen LogP contribution in [0.2, 0.25) is 0 Å². The molecule has 0 saturated heterocycles. The smallest absolute Gasteiger partial charge is 0.141 e. The van der Waals surface area contributed by atoms with E-state index in [-0.39, 0.29) is 0 Å². The molecule has 1 unspecified atom stereocenters. The van der Waals surface area contributed by atoms with Crippen molar-refractivity contribution in [2.45, 2.75) is 51.6 Å². The van der Waals surface area contributed by atoms with Crippen molar-refractivity contribution in [2.24, 2.45) is 11.3 Å². The van der Waals surface area contributed by atoms with Gasteiger partial charge in [-0.3, -0.25) is 4.98 Å². The second-order valence-electron chi connectivity index (χ2n) is 5.95. The lowest BCUT2D eigenvalue weighted by molar-refractivity contribution is -0.0900. The molecule has 1 aliphatic rings. The Bertz CT molecular complexity index is 500. The highest BCUT2D eigenvalue weighted by molar-refractivity contribution is 5.24. The van der Waals surface area contributed by atoms with E-state index in [0.29, 0.717) is 30.9 Å². The van der Waals surface area contributed by atoms with Crippen molar-refractivity contribution in [1.29, 1.82) is 5.26 Å². The second kappa shape index (κ2) is 5.49. The molecule has 1 N–H and O–H groups in total. The predicted molar refractivity (Wildman–Crippen MR) is 74.1 cm³/mol. The maximum atomic E-state index is 13.0. The van der Waals surface area contributed by atoms with Gasteiger partial charge in [0.1, 0.15) is 11.4 Å². The first-order valence-corrected chi connectivity index (χ1v) is 7.23. The first kappa shape index (κ1) is 14.9. The molecule has 20 heavy (non-hydrogen) atoms.